The Morgan fingerprint density at radius 3 is 2.55 bits per heavy atom. The van der Waals surface area contributed by atoms with E-state index in [4.69, 9.17) is 4.42 Å². The predicted molar refractivity (Wildman–Crippen MR) is 104 cm³/mol. The Bertz CT molecular complexity index is 1320. The lowest BCUT2D eigenvalue weighted by Gasteiger charge is -2.10. The molecule has 31 heavy (non-hydrogen) atoms. The van der Waals surface area contributed by atoms with Crippen LogP contribution in [0, 0.1) is 5.82 Å². The highest BCUT2D eigenvalue weighted by Crippen LogP contribution is 2.27. The minimum atomic E-state index is -4.81. The molecule has 6 nitrogen and oxygen atoms in total. The van der Waals surface area contributed by atoms with Crippen molar-refractivity contribution in [2.75, 3.05) is 5.32 Å². The van der Waals surface area contributed by atoms with Crippen molar-refractivity contribution in [3.05, 3.63) is 82.5 Å². The predicted octanol–water partition coefficient (Wildman–Crippen LogP) is 4.45. The molecule has 0 saturated carbocycles. The van der Waals surface area contributed by atoms with E-state index in [0.717, 1.165) is 12.3 Å². The number of nitrogens with one attached hydrogen (secondary N) is 1. The number of pyridine rings is 1. The summed E-state index contributed by atoms with van der Waals surface area (Å²) < 4.78 is 58.0. The highest BCUT2D eigenvalue weighted by molar-refractivity contribution is 5.92. The summed E-state index contributed by atoms with van der Waals surface area (Å²) in [5.41, 5.74) is -0.954. The van der Waals surface area contributed by atoms with E-state index in [2.05, 4.69) is 10.3 Å². The monoisotopic (exact) mass is 431 g/mol. The average molecular weight is 431 g/mol. The molecule has 0 aliphatic carbocycles. The van der Waals surface area contributed by atoms with Crippen molar-refractivity contribution in [2.45, 2.75) is 12.7 Å². The first kappa shape index (κ1) is 20.3. The van der Waals surface area contributed by atoms with Gasteiger partial charge in [0.15, 0.2) is 5.58 Å². The van der Waals surface area contributed by atoms with E-state index in [0.29, 0.717) is 33.0 Å². The first-order valence-electron chi connectivity index (χ1n) is 8.94. The van der Waals surface area contributed by atoms with E-state index in [1.807, 2.05) is 0 Å². The second-order valence-electron chi connectivity index (χ2n) is 6.61. The Morgan fingerprint density at radius 2 is 1.84 bits per heavy atom. The Hall–Kier alpha value is -3.95. The molecule has 0 unspecified atom stereocenters. The van der Waals surface area contributed by atoms with E-state index in [-0.39, 0.29) is 5.89 Å². The zero-order valence-corrected chi connectivity index (χ0v) is 15.6. The van der Waals surface area contributed by atoms with Crippen LogP contribution in [0.3, 0.4) is 0 Å². The fourth-order valence-corrected chi connectivity index (χ4v) is 2.95. The molecule has 0 radical (unpaired) electrons. The first-order valence-corrected chi connectivity index (χ1v) is 8.94. The van der Waals surface area contributed by atoms with Crippen LogP contribution < -0.4 is 10.9 Å². The zero-order chi connectivity index (χ0) is 22.2. The summed E-state index contributed by atoms with van der Waals surface area (Å²) in [6, 6.07) is 11.9. The summed E-state index contributed by atoms with van der Waals surface area (Å²) in [6.07, 6.45) is -3.71. The van der Waals surface area contributed by atoms with E-state index >= 15 is 0 Å². The minimum absolute atomic E-state index is 0.258. The maximum atomic E-state index is 13.1. The Kier molecular flexibility index (Phi) is 5.05. The van der Waals surface area contributed by atoms with Crippen LogP contribution in [0.1, 0.15) is 5.56 Å². The van der Waals surface area contributed by atoms with Crippen LogP contribution in [-0.2, 0) is 17.5 Å². The number of benzene rings is 2. The number of rotatable bonds is 4. The van der Waals surface area contributed by atoms with Gasteiger partial charge in [0.25, 0.3) is 5.56 Å². The van der Waals surface area contributed by atoms with E-state index in [1.165, 1.54) is 36.4 Å². The van der Waals surface area contributed by atoms with Crippen molar-refractivity contribution in [2.24, 2.45) is 0 Å². The van der Waals surface area contributed by atoms with Gasteiger partial charge in [-0.05, 0) is 48.5 Å². The fourth-order valence-electron chi connectivity index (χ4n) is 2.95. The minimum Gasteiger partial charge on any atom is -0.436 e. The van der Waals surface area contributed by atoms with Gasteiger partial charge < -0.3 is 14.3 Å². The second kappa shape index (κ2) is 7.71. The van der Waals surface area contributed by atoms with Crippen molar-refractivity contribution >= 4 is 22.7 Å². The van der Waals surface area contributed by atoms with Crippen molar-refractivity contribution in [3.63, 3.8) is 0 Å². The van der Waals surface area contributed by atoms with Gasteiger partial charge in [0.2, 0.25) is 11.8 Å². The molecule has 0 fully saturated rings. The summed E-state index contributed by atoms with van der Waals surface area (Å²) >= 11 is 0. The number of alkyl halides is 3. The molecule has 0 aliphatic rings. The maximum absolute atomic E-state index is 13.1. The van der Waals surface area contributed by atoms with Gasteiger partial charge in [0, 0.05) is 23.5 Å². The Morgan fingerprint density at radius 1 is 1.10 bits per heavy atom. The lowest BCUT2D eigenvalue weighted by Crippen LogP contribution is -2.31. The molecule has 1 N–H and O–H groups in total. The quantitative estimate of drug-likeness (QED) is 0.485. The molecular formula is C21H13F4N3O3. The van der Waals surface area contributed by atoms with E-state index in [1.54, 1.807) is 6.07 Å². The summed E-state index contributed by atoms with van der Waals surface area (Å²) in [6.45, 7) is -0.599. The number of oxazole rings is 1. The van der Waals surface area contributed by atoms with Crippen LogP contribution in [0.2, 0.25) is 0 Å². The van der Waals surface area contributed by atoms with Crippen molar-refractivity contribution in [1.82, 2.24) is 9.55 Å². The Labute approximate surface area is 171 Å². The normalized spacial score (nSPS) is 11.6. The molecule has 10 heteroatoms. The highest BCUT2D eigenvalue weighted by Gasteiger charge is 2.34. The topological polar surface area (TPSA) is 77.1 Å². The molecule has 4 rings (SSSR count). The number of carbonyl (C=O) groups is 1. The molecule has 0 spiro atoms. The van der Waals surface area contributed by atoms with Gasteiger partial charge in [-0.3, -0.25) is 9.59 Å². The van der Waals surface area contributed by atoms with Crippen molar-refractivity contribution in [3.8, 4) is 11.5 Å². The number of amides is 1. The third-order valence-corrected chi connectivity index (χ3v) is 4.40. The lowest BCUT2D eigenvalue weighted by molar-refractivity contribution is -0.139. The van der Waals surface area contributed by atoms with Crippen LogP contribution in [0.4, 0.5) is 23.2 Å². The van der Waals surface area contributed by atoms with Crippen LogP contribution in [0.25, 0.3) is 22.6 Å². The Balaban J connectivity index is 1.53. The van der Waals surface area contributed by atoms with Crippen molar-refractivity contribution in [1.29, 1.82) is 0 Å². The van der Waals surface area contributed by atoms with Crippen LogP contribution in [0.15, 0.2) is 70.0 Å². The van der Waals surface area contributed by atoms with Crippen LogP contribution in [-0.4, -0.2) is 15.5 Å². The lowest BCUT2D eigenvalue weighted by atomic mass is 10.2. The van der Waals surface area contributed by atoms with Gasteiger partial charge in [0.1, 0.15) is 23.4 Å². The van der Waals surface area contributed by atoms with Gasteiger partial charge in [0.05, 0.1) is 0 Å². The van der Waals surface area contributed by atoms with Crippen LogP contribution in [0.5, 0.6) is 0 Å². The second-order valence-corrected chi connectivity index (χ2v) is 6.61. The molecular weight excluding hydrogens is 418 g/mol. The molecule has 158 valence electrons. The van der Waals surface area contributed by atoms with Crippen LogP contribution >= 0.6 is 0 Å². The molecule has 2 aromatic carbocycles. The number of aromatic nitrogens is 2. The molecule has 0 atom stereocenters. The van der Waals surface area contributed by atoms with Gasteiger partial charge in [-0.1, -0.05) is 0 Å². The molecule has 2 heterocycles. The SMILES string of the molecule is O=C(Cn1cccc(C(F)(F)F)c1=O)Nc1ccc2nc(-c3ccc(F)cc3)oc2c1. The molecule has 0 bridgehead atoms. The summed E-state index contributed by atoms with van der Waals surface area (Å²) in [7, 11) is 0. The number of halogens is 4. The summed E-state index contributed by atoms with van der Waals surface area (Å²) in [5, 5.41) is 2.51. The zero-order valence-electron chi connectivity index (χ0n) is 15.6. The van der Waals surface area contributed by atoms with Gasteiger partial charge in [-0.15, -0.1) is 0 Å². The number of carbonyl (C=O) groups excluding carboxylic acids is 1. The number of hydrogen-bond acceptors (Lipinski definition) is 4. The smallest absolute Gasteiger partial charge is 0.421 e. The molecule has 0 saturated heterocycles. The fraction of sp³-hybridized carbons (Fsp3) is 0.0952. The van der Waals surface area contributed by atoms with Gasteiger partial charge in [-0.2, -0.15) is 13.2 Å². The first-order chi connectivity index (χ1) is 14.7. The van der Waals surface area contributed by atoms with E-state index < -0.39 is 35.6 Å². The largest absolute Gasteiger partial charge is 0.436 e. The molecule has 4 aromatic rings. The van der Waals surface area contributed by atoms with Crippen molar-refractivity contribution < 1.29 is 26.8 Å². The number of fused-ring (bicyclic) bond motifs is 1. The summed E-state index contributed by atoms with van der Waals surface area (Å²) in [4.78, 5) is 28.5. The third-order valence-electron chi connectivity index (χ3n) is 4.40. The van der Waals surface area contributed by atoms with E-state index in [9.17, 15) is 27.2 Å². The summed E-state index contributed by atoms with van der Waals surface area (Å²) in [5.74, 6) is -0.835. The number of anilines is 1. The van der Waals surface area contributed by atoms with Gasteiger partial charge in [-0.25, -0.2) is 9.37 Å². The maximum Gasteiger partial charge on any atom is 0.421 e. The highest BCUT2D eigenvalue weighted by atomic mass is 19.4. The molecule has 1 amide bonds. The standard InChI is InChI=1S/C21H13F4N3O3/c22-13-5-3-12(4-6-13)19-27-16-8-7-14(10-17(16)31-19)26-18(29)11-28-9-1-2-15(20(28)30)21(23,24)25/h1-10H,11H2,(H,26,29). The molecule has 0 aliphatic heterocycles. The average Bonchev–Trinajstić information content (AvgIpc) is 3.12. The van der Waals surface area contributed by atoms with Gasteiger partial charge >= 0.3 is 6.18 Å². The third kappa shape index (κ3) is 4.32. The number of hydrogen-bond donors (Lipinski definition) is 1. The number of nitrogens with zero attached hydrogens (tertiary/aromatic N) is 2. The molecule has 2 aromatic heterocycles.